The second kappa shape index (κ2) is 6.94. The fourth-order valence-electron chi connectivity index (χ4n) is 3.63. The van der Waals surface area contributed by atoms with Crippen molar-refractivity contribution in [1.82, 2.24) is 4.90 Å². The molecule has 0 radical (unpaired) electrons. The fraction of sp³-hybridized carbons (Fsp3) is 0.611. The normalized spacial score (nSPS) is 21.0. The lowest BCUT2D eigenvalue weighted by Crippen LogP contribution is -2.40. The van der Waals surface area contributed by atoms with Gasteiger partial charge in [-0.1, -0.05) is 6.92 Å². The first kappa shape index (κ1) is 17.0. The van der Waals surface area contributed by atoms with Crippen molar-refractivity contribution in [1.29, 1.82) is 5.26 Å². The van der Waals surface area contributed by atoms with Crippen molar-refractivity contribution < 1.29 is 9.59 Å². The summed E-state index contributed by atoms with van der Waals surface area (Å²) in [6, 6.07) is 2.29. The number of hydrogen-bond acceptors (Lipinski definition) is 4. The number of carbonyl (C=O) groups is 2. The lowest BCUT2D eigenvalue weighted by Gasteiger charge is -2.30. The van der Waals surface area contributed by atoms with Gasteiger partial charge < -0.3 is 10.2 Å². The zero-order chi connectivity index (χ0) is 17.3. The number of nitrogens with one attached hydrogen (secondary N) is 1. The number of nitriles is 1. The monoisotopic (exact) mass is 345 g/mol. The molecular formula is C18H23N3O2S. The van der Waals surface area contributed by atoms with Crippen LogP contribution in [0.1, 0.15) is 49.1 Å². The van der Waals surface area contributed by atoms with E-state index in [-0.39, 0.29) is 17.7 Å². The van der Waals surface area contributed by atoms with Gasteiger partial charge >= 0.3 is 0 Å². The highest BCUT2D eigenvalue weighted by atomic mass is 32.1. The Morgan fingerprint density at radius 1 is 1.29 bits per heavy atom. The minimum absolute atomic E-state index is 0.0126. The molecule has 5 nitrogen and oxygen atoms in total. The predicted octanol–water partition coefficient (Wildman–Crippen LogP) is 2.94. The third kappa shape index (κ3) is 3.32. The molecular weight excluding hydrogens is 322 g/mol. The van der Waals surface area contributed by atoms with E-state index in [1.165, 1.54) is 4.88 Å². The van der Waals surface area contributed by atoms with Crippen LogP contribution in [0.3, 0.4) is 0 Å². The number of carbonyl (C=O) groups excluding carboxylic acids is 2. The van der Waals surface area contributed by atoms with Crippen molar-refractivity contribution in [3.05, 3.63) is 16.0 Å². The van der Waals surface area contributed by atoms with Crippen molar-refractivity contribution in [3.63, 3.8) is 0 Å². The van der Waals surface area contributed by atoms with E-state index in [4.69, 9.17) is 0 Å². The number of hydrogen-bond donors (Lipinski definition) is 1. The van der Waals surface area contributed by atoms with Crippen LogP contribution in [0, 0.1) is 23.2 Å². The molecule has 24 heavy (non-hydrogen) atoms. The molecule has 0 bridgehead atoms. The van der Waals surface area contributed by atoms with E-state index in [0.29, 0.717) is 37.4 Å². The Labute approximate surface area is 146 Å². The van der Waals surface area contributed by atoms with E-state index in [2.05, 4.69) is 18.3 Å². The van der Waals surface area contributed by atoms with Crippen LogP contribution in [0.15, 0.2) is 0 Å². The SMILES string of the molecule is CC(=O)N1CCC(C(=O)Nc2sc3c(c2C#N)CC[C@@H](C)C3)CC1. The van der Waals surface area contributed by atoms with Crippen LogP contribution in [-0.4, -0.2) is 29.8 Å². The molecule has 2 aliphatic rings. The molecule has 1 N–H and O–H groups in total. The first-order valence-electron chi connectivity index (χ1n) is 8.60. The first-order chi connectivity index (χ1) is 11.5. The van der Waals surface area contributed by atoms with Gasteiger partial charge in [0, 0.05) is 30.8 Å². The molecule has 0 saturated carbocycles. The lowest BCUT2D eigenvalue weighted by molar-refractivity contribution is -0.132. The number of fused-ring (bicyclic) bond motifs is 1. The Morgan fingerprint density at radius 3 is 2.62 bits per heavy atom. The van der Waals surface area contributed by atoms with Crippen molar-refractivity contribution in [2.45, 2.75) is 46.0 Å². The number of rotatable bonds is 2. The van der Waals surface area contributed by atoms with Crippen LogP contribution in [-0.2, 0) is 22.4 Å². The minimum atomic E-state index is -0.0785. The van der Waals surface area contributed by atoms with E-state index in [0.717, 1.165) is 29.8 Å². The zero-order valence-electron chi connectivity index (χ0n) is 14.2. The Bertz CT molecular complexity index is 696. The molecule has 3 rings (SSSR count). The molecule has 1 aromatic rings. The summed E-state index contributed by atoms with van der Waals surface area (Å²) in [6.07, 6.45) is 4.42. The minimum Gasteiger partial charge on any atom is -0.343 e. The third-order valence-corrected chi connectivity index (χ3v) is 6.34. The van der Waals surface area contributed by atoms with E-state index < -0.39 is 0 Å². The van der Waals surface area contributed by atoms with Crippen LogP contribution in [0.25, 0.3) is 0 Å². The molecule has 0 unspecified atom stereocenters. The largest absolute Gasteiger partial charge is 0.343 e. The van der Waals surface area contributed by atoms with Gasteiger partial charge in [0.05, 0.1) is 5.56 Å². The molecule has 1 saturated heterocycles. The summed E-state index contributed by atoms with van der Waals surface area (Å²) in [5.74, 6) is 0.620. The van der Waals surface area contributed by atoms with Gasteiger partial charge in [-0.05, 0) is 43.6 Å². The van der Waals surface area contributed by atoms with E-state index in [9.17, 15) is 14.9 Å². The van der Waals surface area contributed by atoms with Gasteiger partial charge in [-0.15, -0.1) is 11.3 Å². The number of likely N-dealkylation sites (tertiary alicyclic amines) is 1. The molecule has 0 aromatic carbocycles. The molecule has 0 spiro atoms. The Morgan fingerprint density at radius 2 is 2.00 bits per heavy atom. The summed E-state index contributed by atoms with van der Waals surface area (Å²) < 4.78 is 0. The van der Waals surface area contributed by atoms with Gasteiger partial charge in [-0.2, -0.15) is 5.26 Å². The fourth-order valence-corrected chi connectivity index (χ4v) is 4.99. The van der Waals surface area contributed by atoms with Crippen molar-refractivity contribution in [2.75, 3.05) is 18.4 Å². The summed E-state index contributed by atoms with van der Waals surface area (Å²) in [6.45, 7) is 5.07. The van der Waals surface area contributed by atoms with Gasteiger partial charge in [-0.25, -0.2) is 0 Å². The Hall–Kier alpha value is -1.87. The van der Waals surface area contributed by atoms with Gasteiger partial charge in [0.15, 0.2) is 0 Å². The van der Waals surface area contributed by atoms with E-state index >= 15 is 0 Å². The van der Waals surface area contributed by atoms with Crippen LogP contribution >= 0.6 is 11.3 Å². The summed E-state index contributed by atoms with van der Waals surface area (Å²) in [4.78, 5) is 27.0. The standard InChI is InChI=1S/C18H23N3O2S/c1-11-3-4-14-15(10-19)18(24-16(14)9-11)20-17(23)13-5-7-21(8-6-13)12(2)22/h11,13H,3-9H2,1-2H3,(H,20,23)/t11-/m1/s1. The molecule has 1 aliphatic carbocycles. The van der Waals surface area contributed by atoms with Crippen LogP contribution in [0.4, 0.5) is 5.00 Å². The second-order valence-corrected chi connectivity index (χ2v) is 8.04. The van der Waals surface area contributed by atoms with Crippen molar-refractivity contribution in [3.8, 4) is 6.07 Å². The van der Waals surface area contributed by atoms with Gasteiger partial charge in [0.1, 0.15) is 11.1 Å². The molecule has 6 heteroatoms. The highest BCUT2D eigenvalue weighted by Crippen LogP contribution is 2.39. The van der Waals surface area contributed by atoms with E-state index in [1.54, 1.807) is 23.2 Å². The molecule has 1 aliphatic heterocycles. The maximum atomic E-state index is 12.6. The Kier molecular flexibility index (Phi) is 4.91. The van der Waals surface area contributed by atoms with Crippen LogP contribution < -0.4 is 5.32 Å². The highest BCUT2D eigenvalue weighted by molar-refractivity contribution is 7.16. The second-order valence-electron chi connectivity index (χ2n) is 6.94. The number of piperidine rings is 1. The van der Waals surface area contributed by atoms with Crippen molar-refractivity contribution in [2.24, 2.45) is 11.8 Å². The average molecular weight is 345 g/mol. The number of thiophene rings is 1. The lowest BCUT2D eigenvalue weighted by atomic mass is 9.88. The van der Waals surface area contributed by atoms with Crippen molar-refractivity contribution >= 4 is 28.2 Å². The first-order valence-corrected chi connectivity index (χ1v) is 9.42. The smallest absolute Gasteiger partial charge is 0.228 e. The summed E-state index contributed by atoms with van der Waals surface area (Å²) in [5, 5.41) is 13.2. The van der Waals surface area contributed by atoms with Gasteiger partial charge in [0.25, 0.3) is 0 Å². The molecule has 1 aromatic heterocycles. The summed E-state index contributed by atoms with van der Waals surface area (Å²) >= 11 is 1.57. The molecule has 128 valence electrons. The maximum absolute atomic E-state index is 12.6. The molecule has 1 fully saturated rings. The van der Waals surface area contributed by atoms with Gasteiger partial charge in [-0.3, -0.25) is 9.59 Å². The van der Waals surface area contributed by atoms with Gasteiger partial charge in [0.2, 0.25) is 11.8 Å². The third-order valence-electron chi connectivity index (χ3n) is 5.17. The highest BCUT2D eigenvalue weighted by Gasteiger charge is 2.29. The number of anilines is 1. The van der Waals surface area contributed by atoms with Crippen LogP contribution in [0.5, 0.6) is 0 Å². The summed E-state index contributed by atoms with van der Waals surface area (Å²) in [5.41, 5.74) is 1.80. The Balaban J connectivity index is 1.69. The molecule has 2 amide bonds. The summed E-state index contributed by atoms with van der Waals surface area (Å²) in [7, 11) is 0. The molecule has 2 heterocycles. The topological polar surface area (TPSA) is 73.2 Å². The number of amides is 2. The van der Waals surface area contributed by atoms with E-state index in [1.807, 2.05) is 0 Å². The quantitative estimate of drug-likeness (QED) is 0.895. The zero-order valence-corrected chi connectivity index (χ0v) is 15.0. The predicted molar refractivity (Wildman–Crippen MR) is 93.8 cm³/mol. The maximum Gasteiger partial charge on any atom is 0.228 e. The van der Waals surface area contributed by atoms with Crippen LogP contribution in [0.2, 0.25) is 0 Å². The number of nitrogens with zero attached hydrogens (tertiary/aromatic N) is 2. The molecule has 1 atom stereocenters. The average Bonchev–Trinajstić information content (AvgIpc) is 2.90.